The van der Waals surface area contributed by atoms with E-state index in [0.29, 0.717) is 35.7 Å². The lowest BCUT2D eigenvalue weighted by molar-refractivity contribution is -0.129. The highest BCUT2D eigenvalue weighted by atomic mass is 32.1. The van der Waals surface area contributed by atoms with Crippen LogP contribution in [0.1, 0.15) is 32.5 Å². The lowest BCUT2D eigenvalue weighted by atomic mass is 9.97. The summed E-state index contributed by atoms with van der Waals surface area (Å²) in [6.45, 7) is 10.8. The van der Waals surface area contributed by atoms with Crippen molar-refractivity contribution in [2.75, 3.05) is 20.3 Å². The molecule has 12 heteroatoms. The molecule has 0 fully saturated rings. The molecule has 1 amide bonds. The smallest absolute Gasteiger partial charge is 0.246 e. The normalized spacial score (nSPS) is 14.8. The van der Waals surface area contributed by atoms with Crippen molar-refractivity contribution in [3.05, 3.63) is 72.0 Å². The van der Waals surface area contributed by atoms with Crippen molar-refractivity contribution in [2.24, 2.45) is 0 Å². The van der Waals surface area contributed by atoms with Gasteiger partial charge in [-0.25, -0.2) is 13.8 Å². The number of halogens is 2. The number of carbonyl (C=O) groups is 1. The number of ether oxygens (including phenoxy) is 2. The molecule has 0 saturated carbocycles. The van der Waals surface area contributed by atoms with Gasteiger partial charge in [-0.2, -0.15) is 10.2 Å². The van der Waals surface area contributed by atoms with Crippen LogP contribution in [-0.4, -0.2) is 61.7 Å². The van der Waals surface area contributed by atoms with Gasteiger partial charge in [0.2, 0.25) is 5.91 Å². The minimum atomic E-state index is -0.782. The number of hydrogen-bond acceptors (Lipinski definition) is 7. The molecular weight excluding hydrogens is 586 g/mol. The lowest BCUT2D eigenvalue weighted by Crippen LogP contribution is -2.44. The summed E-state index contributed by atoms with van der Waals surface area (Å²) < 4.78 is 45.9. The second kappa shape index (κ2) is 11.9. The quantitative estimate of drug-likeness (QED) is 0.139. The van der Waals surface area contributed by atoms with Crippen LogP contribution in [0.2, 0.25) is 0 Å². The van der Waals surface area contributed by atoms with Gasteiger partial charge in [-0.15, -0.1) is 11.3 Å². The summed E-state index contributed by atoms with van der Waals surface area (Å²) in [5.41, 5.74) is 3.70. The molecule has 44 heavy (non-hydrogen) atoms. The summed E-state index contributed by atoms with van der Waals surface area (Å²) in [6, 6.07) is 5.87. The number of fused-ring (bicyclic) bond motifs is 2. The maximum Gasteiger partial charge on any atom is 0.246 e. The number of carbonyl (C=O) groups excluding carboxylic acids is 1. The van der Waals surface area contributed by atoms with Gasteiger partial charge in [0.05, 0.1) is 42.8 Å². The number of benzene rings is 1. The van der Waals surface area contributed by atoms with Gasteiger partial charge in [0.1, 0.15) is 35.4 Å². The van der Waals surface area contributed by atoms with Crippen molar-refractivity contribution < 1.29 is 23.0 Å². The number of rotatable bonds is 9. The molecule has 0 saturated heterocycles. The molecule has 1 aliphatic rings. The molecule has 0 N–H and O–H groups in total. The predicted octanol–water partition coefficient (Wildman–Crippen LogP) is 6.49. The molecule has 9 nitrogen and oxygen atoms in total. The largest absolute Gasteiger partial charge is 0.490 e. The van der Waals surface area contributed by atoms with E-state index in [1.165, 1.54) is 30.6 Å². The van der Waals surface area contributed by atoms with E-state index < -0.39 is 11.6 Å². The van der Waals surface area contributed by atoms with Gasteiger partial charge < -0.3 is 14.4 Å². The molecule has 1 aromatic carbocycles. The Morgan fingerprint density at radius 1 is 1.20 bits per heavy atom. The third-order valence-electron chi connectivity index (χ3n) is 7.69. The summed E-state index contributed by atoms with van der Waals surface area (Å²) in [6.07, 6.45) is 5.00. The highest BCUT2D eigenvalue weighted by Gasteiger charge is 2.30. The number of nitrogens with zero attached hydrogens (tertiary/aromatic N) is 6. The first-order chi connectivity index (χ1) is 21.2. The second-order valence-electron chi connectivity index (χ2n) is 11.0. The fourth-order valence-corrected chi connectivity index (χ4v) is 6.44. The number of amides is 1. The van der Waals surface area contributed by atoms with Crippen LogP contribution in [0.15, 0.2) is 54.7 Å². The lowest BCUT2D eigenvalue weighted by Gasteiger charge is -2.33. The average molecular weight is 619 g/mol. The number of methoxy groups -OCH3 is 1. The molecule has 5 heterocycles. The Morgan fingerprint density at radius 2 is 2.02 bits per heavy atom. The molecule has 4 aromatic heterocycles. The zero-order chi connectivity index (χ0) is 31.1. The molecule has 0 bridgehead atoms. The standard InChI is InChI=1S/C32H32F2N6O3S/c1-6-27(41)38-17-22-13-25(37-40(22)15-19(38)4)31-29(28-24(34)11-21(33)12-26(28)43-9-8-42-5)32-23(7-10-44-32)30(36-31)20-14-35-39(16-20)18(2)3/h6-7,10-14,16,18-19H,1,8-9,15,17H2,2-5H3. The molecular formula is C32H32F2N6O3S. The first-order valence-corrected chi connectivity index (χ1v) is 15.1. The molecule has 1 aliphatic heterocycles. The molecule has 1 atom stereocenters. The van der Waals surface area contributed by atoms with Crippen LogP contribution in [0.3, 0.4) is 0 Å². The summed E-state index contributed by atoms with van der Waals surface area (Å²) >= 11 is 1.43. The summed E-state index contributed by atoms with van der Waals surface area (Å²) in [5, 5.41) is 12.1. The fourth-order valence-electron chi connectivity index (χ4n) is 5.49. The van der Waals surface area contributed by atoms with E-state index in [1.807, 2.05) is 53.8 Å². The Bertz CT molecular complexity index is 1880. The Labute approximate surface area is 257 Å². The first-order valence-electron chi connectivity index (χ1n) is 14.3. The van der Waals surface area contributed by atoms with Crippen molar-refractivity contribution in [1.29, 1.82) is 0 Å². The van der Waals surface area contributed by atoms with Gasteiger partial charge in [-0.3, -0.25) is 14.2 Å². The minimum absolute atomic E-state index is 0.0398. The van der Waals surface area contributed by atoms with E-state index in [-0.39, 0.29) is 42.5 Å². The summed E-state index contributed by atoms with van der Waals surface area (Å²) in [4.78, 5) is 19.4. The van der Waals surface area contributed by atoms with E-state index in [1.54, 1.807) is 11.1 Å². The molecule has 0 radical (unpaired) electrons. The fraction of sp³-hybridized carbons (Fsp3) is 0.312. The maximum absolute atomic E-state index is 15.9. The number of pyridine rings is 1. The summed E-state index contributed by atoms with van der Waals surface area (Å²) in [5.74, 6) is -1.67. The van der Waals surface area contributed by atoms with Crippen molar-refractivity contribution in [3.63, 3.8) is 0 Å². The van der Waals surface area contributed by atoms with Crippen molar-refractivity contribution >= 4 is 27.3 Å². The summed E-state index contributed by atoms with van der Waals surface area (Å²) in [7, 11) is 1.53. The van der Waals surface area contributed by atoms with Gasteiger partial charge in [-0.1, -0.05) is 6.58 Å². The maximum atomic E-state index is 15.9. The monoisotopic (exact) mass is 618 g/mol. The highest BCUT2D eigenvalue weighted by Crippen LogP contribution is 2.47. The number of thiophene rings is 1. The van der Waals surface area contributed by atoms with E-state index in [9.17, 15) is 9.18 Å². The van der Waals surface area contributed by atoms with Crippen molar-refractivity contribution in [3.8, 4) is 39.5 Å². The number of hydrogen-bond donors (Lipinski definition) is 0. The van der Waals surface area contributed by atoms with Gasteiger partial charge in [0.15, 0.2) is 0 Å². The zero-order valence-electron chi connectivity index (χ0n) is 24.9. The highest BCUT2D eigenvalue weighted by molar-refractivity contribution is 7.18. The van der Waals surface area contributed by atoms with Gasteiger partial charge in [-0.05, 0) is 44.4 Å². The number of aromatic nitrogens is 5. The third kappa shape index (κ3) is 5.28. The van der Waals surface area contributed by atoms with Crippen LogP contribution < -0.4 is 4.74 Å². The van der Waals surface area contributed by atoms with Gasteiger partial charge in [0, 0.05) is 58.7 Å². The van der Waals surface area contributed by atoms with Crippen molar-refractivity contribution in [1.82, 2.24) is 29.4 Å². The molecule has 0 aliphatic carbocycles. The second-order valence-corrected chi connectivity index (χ2v) is 11.9. The van der Waals surface area contributed by atoms with Crippen LogP contribution >= 0.6 is 11.3 Å². The third-order valence-corrected chi connectivity index (χ3v) is 8.62. The van der Waals surface area contributed by atoms with Crippen molar-refractivity contribution in [2.45, 2.75) is 45.9 Å². The van der Waals surface area contributed by atoms with Crippen LogP contribution in [0, 0.1) is 11.6 Å². The van der Waals surface area contributed by atoms with Crippen LogP contribution in [-0.2, 0) is 22.6 Å². The van der Waals surface area contributed by atoms with Gasteiger partial charge >= 0.3 is 0 Å². The minimum Gasteiger partial charge on any atom is -0.490 e. The Hall–Kier alpha value is -4.42. The van der Waals surface area contributed by atoms with E-state index in [4.69, 9.17) is 19.6 Å². The Morgan fingerprint density at radius 3 is 2.75 bits per heavy atom. The predicted molar refractivity (Wildman–Crippen MR) is 165 cm³/mol. The van der Waals surface area contributed by atoms with E-state index in [2.05, 4.69) is 11.7 Å². The Kier molecular flexibility index (Phi) is 8.04. The van der Waals surface area contributed by atoms with E-state index >= 15 is 4.39 Å². The molecule has 0 spiro atoms. The van der Waals surface area contributed by atoms with Crippen LogP contribution in [0.4, 0.5) is 8.78 Å². The van der Waals surface area contributed by atoms with Crippen LogP contribution in [0.5, 0.6) is 5.75 Å². The molecule has 1 unspecified atom stereocenters. The van der Waals surface area contributed by atoms with Crippen LogP contribution in [0.25, 0.3) is 43.9 Å². The molecule has 228 valence electrons. The molecule has 6 rings (SSSR count). The Balaban J connectivity index is 1.61. The topological polar surface area (TPSA) is 87.3 Å². The molecule has 5 aromatic rings. The SMILES string of the molecule is C=CC(=O)N1Cc2cc(-c3nc(-c4cnn(C(C)C)c4)c4ccsc4c3-c3c(F)cc(F)cc3OCCOC)nn2CC1C. The van der Waals surface area contributed by atoms with Gasteiger partial charge in [0.25, 0.3) is 0 Å². The van der Waals surface area contributed by atoms with E-state index in [0.717, 1.165) is 27.4 Å². The zero-order valence-corrected chi connectivity index (χ0v) is 25.7. The first kappa shape index (κ1) is 29.6. The average Bonchev–Trinajstić information content (AvgIpc) is 3.76.